The van der Waals surface area contributed by atoms with E-state index in [4.69, 9.17) is 5.11 Å². The van der Waals surface area contributed by atoms with E-state index in [-0.39, 0.29) is 5.97 Å². The molecule has 0 aromatic heterocycles. The highest BCUT2D eigenvalue weighted by molar-refractivity contribution is 5.68. The Balaban J connectivity index is 0. The minimum atomic E-state index is -0.663. The van der Waals surface area contributed by atoms with Gasteiger partial charge in [0.05, 0.1) is 7.11 Å². The summed E-state index contributed by atoms with van der Waals surface area (Å²) in [7, 11) is 1.42. The minimum Gasteiger partial charge on any atom is -0.481 e. The molecule has 0 aliphatic heterocycles. The van der Waals surface area contributed by atoms with Crippen LogP contribution in [0.15, 0.2) is 0 Å². The van der Waals surface area contributed by atoms with Crippen LogP contribution in [0.1, 0.15) is 90.9 Å². The number of carboxylic acids is 1. The second-order valence-corrected chi connectivity index (χ2v) is 5.30. The van der Waals surface area contributed by atoms with Crippen LogP contribution in [-0.2, 0) is 14.3 Å². The Labute approximate surface area is 130 Å². The Kier molecular flexibility index (Phi) is 20.0. The summed E-state index contributed by atoms with van der Waals surface area (Å²) < 4.78 is 4.46. The molecule has 0 amide bonds. The molecule has 0 saturated carbocycles. The molecule has 0 aromatic carbocycles. The van der Waals surface area contributed by atoms with Gasteiger partial charge in [-0.3, -0.25) is 9.59 Å². The Bertz CT molecular complexity index is 239. The highest BCUT2D eigenvalue weighted by atomic mass is 16.5. The predicted molar refractivity (Wildman–Crippen MR) is 86.4 cm³/mol. The first-order chi connectivity index (χ1) is 10.1. The zero-order chi connectivity index (χ0) is 16.3. The Morgan fingerprint density at radius 2 is 1.19 bits per heavy atom. The number of rotatable bonds is 12. The molecule has 0 aliphatic rings. The number of ether oxygens (including phenoxy) is 1. The van der Waals surface area contributed by atoms with Crippen LogP contribution in [-0.4, -0.2) is 24.2 Å². The van der Waals surface area contributed by atoms with Crippen molar-refractivity contribution in [3.8, 4) is 0 Å². The molecule has 126 valence electrons. The van der Waals surface area contributed by atoms with E-state index in [1.165, 1.54) is 39.2 Å². The van der Waals surface area contributed by atoms with Crippen LogP contribution in [0.3, 0.4) is 0 Å². The second kappa shape index (κ2) is 18.9. The monoisotopic (exact) mass is 302 g/mol. The first-order valence-corrected chi connectivity index (χ1v) is 8.37. The highest BCUT2D eigenvalue weighted by Crippen LogP contribution is 2.07. The summed E-state index contributed by atoms with van der Waals surface area (Å²) in [6.07, 6.45) is 12.4. The van der Waals surface area contributed by atoms with E-state index in [1.807, 2.05) is 0 Å². The number of carbonyl (C=O) groups is 2. The highest BCUT2D eigenvalue weighted by Gasteiger charge is 1.97. The van der Waals surface area contributed by atoms with E-state index in [9.17, 15) is 9.59 Å². The van der Waals surface area contributed by atoms with Crippen molar-refractivity contribution >= 4 is 11.9 Å². The fraction of sp³-hybridized carbons (Fsp3) is 0.882. The standard InChI is InChI=1S/C10H20O2.C7H14O2/c1-2-3-4-5-6-7-8-9-10(11)12;1-3-4-5-6-7(8)9-2/h2-9H2,1H3,(H,11,12);3-6H2,1-2H3. The third kappa shape index (κ3) is 24.4. The molecule has 0 aromatic rings. The molecule has 0 atom stereocenters. The largest absolute Gasteiger partial charge is 0.481 e. The van der Waals surface area contributed by atoms with Gasteiger partial charge in [0.1, 0.15) is 0 Å². The number of carbonyl (C=O) groups excluding carboxylic acids is 1. The van der Waals surface area contributed by atoms with E-state index in [2.05, 4.69) is 18.6 Å². The van der Waals surface area contributed by atoms with Crippen molar-refractivity contribution in [2.24, 2.45) is 0 Å². The van der Waals surface area contributed by atoms with Crippen molar-refractivity contribution in [1.29, 1.82) is 0 Å². The zero-order valence-electron chi connectivity index (χ0n) is 14.2. The number of hydrogen-bond acceptors (Lipinski definition) is 3. The molecule has 1 N–H and O–H groups in total. The van der Waals surface area contributed by atoms with E-state index < -0.39 is 5.97 Å². The molecule has 0 saturated heterocycles. The average Bonchev–Trinajstić information content (AvgIpc) is 2.47. The molecule has 0 fully saturated rings. The lowest BCUT2D eigenvalue weighted by Crippen LogP contribution is -1.98. The van der Waals surface area contributed by atoms with Crippen LogP contribution in [0.25, 0.3) is 0 Å². The van der Waals surface area contributed by atoms with Gasteiger partial charge in [-0.1, -0.05) is 65.2 Å². The maximum absolute atomic E-state index is 10.5. The van der Waals surface area contributed by atoms with E-state index in [0.717, 1.165) is 32.1 Å². The van der Waals surface area contributed by atoms with Crippen LogP contribution >= 0.6 is 0 Å². The van der Waals surface area contributed by atoms with E-state index >= 15 is 0 Å². The lowest BCUT2D eigenvalue weighted by molar-refractivity contribution is -0.140. The van der Waals surface area contributed by atoms with Gasteiger partial charge in [-0.15, -0.1) is 0 Å². The number of esters is 1. The quantitative estimate of drug-likeness (QED) is 0.409. The van der Waals surface area contributed by atoms with Crippen molar-refractivity contribution in [3.05, 3.63) is 0 Å². The Hall–Kier alpha value is -1.06. The molecule has 0 bridgehead atoms. The predicted octanol–water partition coefficient (Wildman–Crippen LogP) is 4.95. The van der Waals surface area contributed by atoms with Gasteiger partial charge in [-0.05, 0) is 12.8 Å². The molecule has 0 spiro atoms. The molecule has 0 radical (unpaired) electrons. The van der Waals surface area contributed by atoms with Crippen molar-refractivity contribution in [2.75, 3.05) is 7.11 Å². The first-order valence-electron chi connectivity index (χ1n) is 8.37. The summed E-state index contributed by atoms with van der Waals surface area (Å²) in [5.41, 5.74) is 0. The number of hydrogen-bond donors (Lipinski definition) is 1. The van der Waals surface area contributed by atoms with Crippen molar-refractivity contribution in [2.45, 2.75) is 90.9 Å². The molecular weight excluding hydrogens is 268 g/mol. The van der Waals surface area contributed by atoms with Crippen LogP contribution in [0.5, 0.6) is 0 Å². The lowest BCUT2D eigenvalue weighted by atomic mass is 10.1. The summed E-state index contributed by atoms with van der Waals surface area (Å²) in [4.78, 5) is 20.6. The van der Waals surface area contributed by atoms with Crippen molar-refractivity contribution < 1.29 is 19.4 Å². The Morgan fingerprint density at radius 1 is 0.762 bits per heavy atom. The van der Waals surface area contributed by atoms with Gasteiger partial charge in [0, 0.05) is 12.8 Å². The van der Waals surface area contributed by atoms with Gasteiger partial charge >= 0.3 is 11.9 Å². The smallest absolute Gasteiger partial charge is 0.305 e. The van der Waals surface area contributed by atoms with Crippen LogP contribution < -0.4 is 0 Å². The van der Waals surface area contributed by atoms with Crippen molar-refractivity contribution in [1.82, 2.24) is 0 Å². The van der Waals surface area contributed by atoms with Gasteiger partial charge in [0.25, 0.3) is 0 Å². The third-order valence-electron chi connectivity index (χ3n) is 3.21. The van der Waals surface area contributed by atoms with Gasteiger partial charge in [0.2, 0.25) is 0 Å². The summed E-state index contributed by atoms with van der Waals surface area (Å²) >= 11 is 0. The molecule has 0 aliphatic carbocycles. The topological polar surface area (TPSA) is 63.6 Å². The molecule has 4 nitrogen and oxygen atoms in total. The maximum atomic E-state index is 10.5. The summed E-state index contributed by atoms with van der Waals surface area (Å²) in [6.45, 7) is 4.31. The van der Waals surface area contributed by atoms with E-state index in [1.54, 1.807) is 0 Å². The molecular formula is C17H34O4. The number of aliphatic carboxylic acids is 1. The van der Waals surface area contributed by atoms with Gasteiger partial charge < -0.3 is 9.84 Å². The van der Waals surface area contributed by atoms with Crippen LogP contribution in [0, 0.1) is 0 Å². The van der Waals surface area contributed by atoms with Gasteiger partial charge in [0.15, 0.2) is 0 Å². The first kappa shape index (κ1) is 22.2. The summed E-state index contributed by atoms with van der Waals surface area (Å²) in [6, 6.07) is 0. The Morgan fingerprint density at radius 3 is 1.67 bits per heavy atom. The van der Waals surface area contributed by atoms with Crippen LogP contribution in [0.4, 0.5) is 0 Å². The van der Waals surface area contributed by atoms with Crippen LogP contribution in [0.2, 0.25) is 0 Å². The van der Waals surface area contributed by atoms with Gasteiger partial charge in [-0.2, -0.15) is 0 Å². The lowest BCUT2D eigenvalue weighted by Gasteiger charge is -1.98. The fourth-order valence-corrected chi connectivity index (χ4v) is 1.85. The SMILES string of the molecule is CCCCCC(=O)OC.CCCCCCCCCC(=O)O. The normalized spacial score (nSPS) is 9.67. The minimum absolute atomic E-state index is 0.0940. The molecule has 0 rings (SSSR count). The number of unbranched alkanes of at least 4 members (excludes halogenated alkanes) is 8. The van der Waals surface area contributed by atoms with E-state index in [0.29, 0.717) is 12.8 Å². The zero-order valence-corrected chi connectivity index (χ0v) is 14.2. The molecule has 0 unspecified atom stereocenters. The molecule has 0 heterocycles. The fourth-order valence-electron chi connectivity index (χ4n) is 1.85. The van der Waals surface area contributed by atoms with Gasteiger partial charge in [-0.25, -0.2) is 0 Å². The molecule has 4 heteroatoms. The third-order valence-corrected chi connectivity index (χ3v) is 3.21. The number of methoxy groups -OCH3 is 1. The molecule has 21 heavy (non-hydrogen) atoms. The number of carboxylic acid groups (broad SMARTS) is 1. The van der Waals surface area contributed by atoms with Crippen molar-refractivity contribution in [3.63, 3.8) is 0 Å². The maximum Gasteiger partial charge on any atom is 0.305 e. The summed E-state index contributed by atoms with van der Waals surface area (Å²) in [5.74, 6) is -0.757. The second-order valence-electron chi connectivity index (χ2n) is 5.30. The summed E-state index contributed by atoms with van der Waals surface area (Å²) in [5, 5.41) is 8.35. The average molecular weight is 302 g/mol.